The first-order chi connectivity index (χ1) is 11.0. The zero-order chi connectivity index (χ0) is 18.6. The van der Waals surface area contributed by atoms with E-state index in [4.69, 9.17) is 13.9 Å². The van der Waals surface area contributed by atoms with Gasteiger partial charge in [0, 0.05) is 5.41 Å². The summed E-state index contributed by atoms with van der Waals surface area (Å²) in [6.45, 7) is 9.79. The second-order valence-corrected chi connectivity index (χ2v) is 11.8. The molecule has 24 heavy (non-hydrogen) atoms. The number of ether oxygens (including phenoxy) is 2. The number of hydrogen-bond acceptors (Lipinski definition) is 5. The van der Waals surface area contributed by atoms with E-state index < -0.39 is 19.3 Å². The highest BCUT2D eigenvalue weighted by atomic mass is 28.4. The fourth-order valence-electron chi connectivity index (χ4n) is 2.67. The van der Waals surface area contributed by atoms with E-state index in [1.54, 1.807) is 19.2 Å². The maximum Gasteiger partial charge on any atom is 0.306 e. The second kappa shape index (κ2) is 7.37. The molecule has 0 amide bonds. The highest BCUT2D eigenvalue weighted by Crippen LogP contribution is 2.47. The third-order valence-electron chi connectivity index (χ3n) is 3.88. The van der Waals surface area contributed by atoms with Crippen LogP contribution in [0.2, 0.25) is 19.6 Å². The Morgan fingerprint density at radius 2 is 1.71 bits per heavy atom. The van der Waals surface area contributed by atoms with Crippen molar-refractivity contribution in [2.45, 2.75) is 45.5 Å². The lowest BCUT2D eigenvalue weighted by Crippen LogP contribution is -2.50. The summed E-state index contributed by atoms with van der Waals surface area (Å²) in [5.41, 5.74) is -1.32. The average molecular weight is 350 g/mol. The zero-order valence-corrected chi connectivity index (χ0v) is 16.6. The van der Waals surface area contributed by atoms with Crippen molar-refractivity contribution in [3.63, 3.8) is 0 Å². The average Bonchev–Trinajstić information content (AvgIpc) is 2.51. The molecule has 0 N–H and O–H groups in total. The van der Waals surface area contributed by atoms with E-state index in [1.807, 2.05) is 45.6 Å². The van der Waals surface area contributed by atoms with Crippen LogP contribution in [0.15, 0.2) is 24.3 Å². The molecular weight excluding hydrogens is 322 g/mol. The van der Waals surface area contributed by atoms with Crippen LogP contribution in [0.3, 0.4) is 0 Å². The third kappa shape index (κ3) is 4.37. The van der Waals surface area contributed by atoms with Crippen LogP contribution in [0, 0.1) is 16.7 Å². The standard InChI is InChI=1S/C18H27NO4Si/c1-17(2,12-16(20)22-4)18(13-19,23-24(5,6)7)14-8-10-15(21-3)11-9-14/h8-11H,12H2,1-7H3. The summed E-state index contributed by atoms with van der Waals surface area (Å²) >= 11 is 0. The van der Waals surface area contributed by atoms with Crippen molar-refractivity contribution in [3.8, 4) is 11.8 Å². The first-order valence-electron chi connectivity index (χ1n) is 7.84. The van der Waals surface area contributed by atoms with Crippen LogP contribution in [-0.4, -0.2) is 28.5 Å². The number of carbonyl (C=O) groups is 1. The fourth-order valence-corrected chi connectivity index (χ4v) is 4.03. The Hall–Kier alpha value is -1.84. The van der Waals surface area contributed by atoms with Crippen LogP contribution < -0.4 is 4.74 Å². The Labute approximate surface area is 145 Å². The Morgan fingerprint density at radius 3 is 2.08 bits per heavy atom. The summed E-state index contributed by atoms with van der Waals surface area (Å²) in [6.07, 6.45) is 0.0770. The Kier molecular flexibility index (Phi) is 6.20. The van der Waals surface area contributed by atoms with E-state index in [9.17, 15) is 10.1 Å². The molecule has 1 rings (SSSR count). The highest BCUT2D eigenvalue weighted by molar-refractivity contribution is 6.69. The van der Waals surface area contributed by atoms with Crippen molar-refractivity contribution >= 4 is 14.3 Å². The molecule has 0 radical (unpaired) electrons. The second-order valence-electron chi connectivity index (χ2n) is 7.37. The van der Waals surface area contributed by atoms with Gasteiger partial charge < -0.3 is 13.9 Å². The summed E-state index contributed by atoms with van der Waals surface area (Å²) in [7, 11) is 0.841. The van der Waals surface area contributed by atoms with Crippen LogP contribution in [0.5, 0.6) is 5.75 Å². The van der Waals surface area contributed by atoms with E-state index in [0.717, 1.165) is 0 Å². The Bertz CT molecular complexity index is 613. The number of benzene rings is 1. The number of nitriles is 1. The van der Waals surface area contributed by atoms with Crippen molar-refractivity contribution in [3.05, 3.63) is 29.8 Å². The lowest BCUT2D eigenvalue weighted by atomic mass is 9.69. The van der Waals surface area contributed by atoms with Gasteiger partial charge in [-0.1, -0.05) is 26.0 Å². The van der Waals surface area contributed by atoms with Crippen LogP contribution in [0.1, 0.15) is 25.8 Å². The Morgan fingerprint density at radius 1 is 1.17 bits per heavy atom. The molecule has 1 aromatic rings. The van der Waals surface area contributed by atoms with E-state index in [0.29, 0.717) is 11.3 Å². The maximum atomic E-state index is 11.9. The summed E-state index contributed by atoms with van der Waals surface area (Å²) in [4.78, 5) is 11.9. The summed E-state index contributed by atoms with van der Waals surface area (Å²) in [5.74, 6) is 0.330. The molecule has 0 aliphatic heterocycles. The zero-order valence-electron chi connectivity index (χ0n) is 15.6. The van der Waals surface area contributed by atoms with Crippen molar-refractivity contribution in [1.82, 2.24) is 0 Å². The normalized spacial score (nSPS) is 14.4. The van der Waals surface area contributed by atoms with Gasteiger partial charge in [-0.15, -0.1) is 0 Å². The lowest BCUT2D eigenvalue weighted by Gasteiger charge is -2.44. The molecule has 0 saturated heterocycles. The van der Waals surface area contributed by atoms with Gasteiger partial charge in [-0.3, -0.25) is 4.79 Å². The molecule has 1 aromatic carbocycles. The first-order valence-corrected chi connectivity index (χ1v) is 11.2. The van der Waals surface area contributed by atoms with Gasteiger partial charge in [-0.2, -0.15) is 5.26 Å². The molecule has 0 fully saturated rings. The van der Waals surface area contributed by atoms with Gasteiger partial charge in [-0.25, -0.2) is 0 Å². The summed E-state index contributed by atoms with van der Waals surface area (Å²) < 4.78 is 16.4. The van der Waals surface area contributed by atoms with Gasteiger partial charge in [-0.05, 0) is 37.3 Å². The molecule has 6 heteroatoms. The molecular formula is C18H27NO4Si. The number of esters is 1. The quantitative estimate of drug-likeness (QED) is 0.552. The van der Waals surface area contributed by atoms with E-state index in [-0.39, 0.29) is 12.4 Å². The highest BCUT2D eigenvalue weighted by Gasteiger charge is 2.51. The maximum absolute atomic E-state index is 11.9. The summed E-state index contributed by atoms with van der Waals surface area (Å²) in [6, 6.07) is 9.59. The van der Waals surface area contributed by atoms with Gasteiger partial charge in [0.15, 0.2) is 13.9 Å². The molecule has 5 nitrogen and oxygen atoms in total. The van der Waals surface area contributed by atoms with Gasteiger partial charge in [0.2, 0.25) is 0 Å². The number of nitrogens with zero attached hydrogens (tertiary/aromatic N) is 1. The Balaban J connectivity index is 3.49. The molecule has 132 valence electrons. The van der Waals surface area contributed by atoms with Crippen LogP contribution in [0.25, 0.3) is 0 Å². The molecule has 0 bridgehead atoms. The molecule has 0 aliphatic rings. The van der Waals surface area contributed by atoms with E-state index in [2.05, 4.69) is 6.07 Å². The SMILES string of the molecule is COC(=O)CC(C)(C)C(C#N)(O[Si](C)(C)C)c1ccc(OC)cc1. The minimum absolute atomic E-state index is 0.0770. The molecule has 0 aromatic heterocycles. The van der Waals surface area contributed by atoms with Gasteiger partial charge >= 0.3 is 5.97 Å². The van der Waals surface area contributed by atoms with E-state index in [1.165, 1.54) is 7.11 Å². The number of rotatable bonds is 7. The number of hydrogen-bond donors (Lipinski definition) is 0. The molecule has 0 aliphatic carbocycles. The smallest absolute Gasteiger partial charge is 0.306 e. The lowest BCUT2D eigenvalue weighted by molar-refractivity contribution is -0.146. The molecule has 0 saturated carbocycles. The molecule has 0 spiro atoms. The predicted octanol–water partition coefficient (Wildman–Crippen LogP) is 3.85. The van der Waals surface area contributed by atoms with Crippen LogP contribution in [-0.2, 0) is 19.6 Å². The van der Waals surface area contributed by atoms with Gasteiger partial charge in [0.25, 0.3) is 0 Å². The minimum atomic E-state index is -2.10. The molecule has 1 atom stereocenters. The molecule has 1 unspecified atom stereocenters. The number of carbonyl (C=O) groups excluding carboxylic acids is 1. The largest absolute Gasteiger partial charge is 0.497 e. The topological polar surface area (TPSA) is 68.6 Å². The fraction of sp³-hybridized carbons (Fsp3) is 0.556. The molecule has 0 heterocycles. The van der Waals surface area contributed by atoms with E-state index >= 15 is 0 Å². The van der Waals surface area contributed by atoms with Crippen molar-refractivity contribution < 1.29 is 18.7 Å². The van der Waals surface area contributed by atoms with Crippen molar-refractivity contribution in [1.29, 1.82) is 5.26 Å². The first kappa shape index (κ1) is 20.2. The monoisotopic (exact) mass is 349 g/mol. The third-order valence-corrected chi connectivity index (χ3v) is 4.80. The van der Waals surface area contributed by atoms with Crippen LogP contribution >= 0.6 is 0 Å². The minimum Gasteiger partial charge on any atom is -0.497 e. The summed E-state index contributed by atoms with van der Waals surface area (Å²) in [5, 5.41) is 10.1. The van der Waals surface area contributed by atoms with Crippen LogP contribution in [0.4, 0.5) is 0 Å². The number of methoxy groups -OCH3 is 2. The van der Waals surface area contributed by atoms with Gasteiger partial charge in [0.05, 0.1) is 20.6 Å². The van der Waals surface area contributed by atoms with Gasteiger partial charge in [0.1, 0.15) is 11.8 Å². The van der Waals surface area contributed by atoms with Crippen molar-refractivity contribution in [2.24, 2.45) is 5.41 Å². The van der Waals surface area contributed by atoms with Crippen molar-refractivity contribution in [2.75, 3.05) is 14.2 Å². The predicted molar refractivity (Wildman–Crippen MR) is 95.1 cm³/mol.